The van der Waals surface area contributed by atoms with Gasteiger partial charge in [0.05, 0.1) is 4.90 Å². The predicted molar refractivity (Wildman–Crippen MR) is 75.9 cm³/mol. The van der Waals surface area contributed by atoms with Crippen molar-refractivity contribution in [3.05, 3.63) is 53.8 Å². The number of nitrogens with zero attached hydrogens (tertiary/aromatic N) is 1. The summed E-state index contributed by atoms with van der Waals surface area (Å²) in [5.41, 5.74) is 1.94. The van der Waals surface area contributed by atoms with Crippen LogP contribution in [0.3, 0.4) is 0 Å². The number of benzene rings is 1. The van der Waals surface area contributed by atoms with E-state index in [-0.39, 0.29) is 6.17 Å². The van der Waals surface area contributed by atoms with E-state index in [9.17, 15) is 8.42 Å². The van der Waals surface area contributed by atoms with Gasteiger partial charge in [0.25, 0.3) is 10.0 Å². The molecule has 1 unspecified atom stereocenters. The van der Waals surface area contributed by atoms with E-state index in [1.807, 2.05) is 26.0 Å². The zero-order valence-electron chi connectivity index (χ0n) is 11.3. The molecule has 0 aromatic heterocycles. The molecule has 1 aromatic rings. The first-order chi connectivity index (χ1) is 8.95. The summed E-state index contributed by atoms with van der Waals surface area (Å²) in [6, 6.07) is 6.88. The van der Waals surface area contributed by atoms with Crippen molar-refractivity contribution in [2.45, 2.75) is 24.9 Å². The zero-order valence-corrected chi connectivity index (χ0v) is 12.1. The third kappa shape index (κ3) is 2.72. The minimum atomic E-state index is -3.53. The third-order valence-corrected chi connectivity index (χ3v) is 4.79. The molecule has 0 spiro atoms. The SMILES string of the molecule is CNC1C=CC(C)=CN1S(=O)(=O)c1ccc(C)cc1. The quantitative estimate of drug-likeness (QED) is 0.920. The fourth-order valence-electron chi connectivity index (χ4n) is 1.93. The Morgan fingerprint density at radius 3 is 2.37 bits per heavy atom. The number of hydrogen-bond donors (Lipinski definition) is 1. The normalized spacial score (nSPS) is 19.4. The van der Waals surface area contributed by atoms with Gasteiger partial charge in [0.2, 0.25) is 0 Å². The van der Waals surface area contributed by atoms with E-state index in [4.69, 9.17) is 0 Å². The molecule has 5 heteroatoms. The van der Waals surface area contributed by atoms with Crippen LogP contribution in [0, 0.1) is 6.92 Å². The van der Waals surface area contributed by atoms with Gasteiger partial charge < -0.3 is 0 Å². The maximum absolute atomic E-state index is 12.6. The molecule has 1 aliphatic rings. The molecule has 19 heavy (non-hydrogen) atoms. The van der Waals surface area contributed by atoms with Crippen molar-refractivity contribution in [1.82, 2.24) is 9.62 Å². The van der Waals surface area contributed by atoms with Crippen LogP contribution in [0.25, 0.3) is 0 Å². The molecule has 0 saturated heterocycles. The van der Waals surface area contributed by atoms with Crippen molar-refractivity contribution in [2.75, 3.05) is 7.05 Å². The van der Waals surface area contributed by atoms with Gasteiger partial charge in [-0.05, 0) is 44.7 Å². The Kier molecular flexibility index (Phi) is 3.78. The van der Waals surface area contributed by atoms with Crippen LogP contribution in [0.1, 0.15) is 12.5 Å². The van der Waals surface area contributed by atoms with Crippen LogP contribution in [0.5, 0.6) is 0 Å². The second kappa shape index (κ2) is 5.19. The molecule has 1 aromatic carbocycles. The van der Waals surface area contributed by atoms with Gasteiger partial charge in [-0.2, -0.15) is 0 Å². The second-order valence-electron chi connectivity index (χ2n) is 4.61. The molecular formula is C14H18N2O2S. The van der Waals surface area contributed by atoms with E-state index >= 15 is 0 Å². The summed E-state index contributed by atoms with van der Waals surface area (Å²) in [6.45, 7) is 3.81. The van der Waals surface area contributed by atoms with Crippen LogP contribution >= 0.6 is 0 Å². The van der Waals surface area contributed by atoms with Gasteiger partial charge >= 0.3 is 0 Å². The van der Waals surface area contributed by atoms with E-state index in [0.717, 1.165) is 11.1 Å². The average molecular weight is 278 g/mol. The first-order valence-electron chi connectivity index (χ1n) is 6.09. The number of rotatable bonds is 3. The van der Waals surface area contributed by atoms with E-state index < -0.39 is 10.0 Å². The lowest BCUT2D eigenvalue weighted by atomic mass is 10.2. The maximum atomic E-state index is 12.6. The molecule has 1 heterocycles. The van der Waals surface area contributed by atoms with Crippen LogP contribution in [-0.2, 0) is 10.0 Å². The Bertz CT molecular complexity index is 615. The highest BCUT2D eigenvalue weighted by Crippen LogP contribution is 2.22. The molecule has 0 amide bonds. The van der Waals surface area contributed by atoms with E-state index in [2.05, 4.69) is 5.32 Å². The summed E-state index contributed by atoms with van der Waals surface area (Å²) in [5.74, 6) is 0. The molecule has 0 saturated carbocycles. The largest absolute Gasteiger partial charge is 0.296 e. The summed E-state index contributed by atoms with van der Waals surface area (Å²) in [4.78, 5) is 0.303. The van der Waals surface area contributed by atoms with Crippen molar-refractivity contribution < 1.29 is 8.42 Å². The summed E-state index contributed by atoms with van der Waals surface area (Å²) >= 11 is 0. The number of likely N-dealkylation sites (N-methyl/N-ethyl adjacent to an activating group) is 1. The van der Waals surface area contributed by atoms with E-state index in [0.29, 0.717) is 4.90 Å². The smallest absolute Gasteiger partial charge is 0.265 e. The van der Waals surface area contributed by atoms with Crippen LogP contribution in [0.15, 0.2) is 53.1 Å². The van der Waals surface area contributed by atoms with Gasteiger partial charge in [-0.3, -0.25) is 9.62 Å². The van der Waals surface area contributed by atoms with Crippen LogP contribution in [0.2, 0.25) is 0 Å². The molecule has 0 radical (unpaired) electrons. The van der Waals surface area contributed by atoms with Crippen LogP contribution in [0.4, 0.5) is 0 Å². The zero-order chi connectivity index (χ0) is 14.0. The predicted octanol–water partition coefficient (Wildman–Crippen LogP) is 2.00. The molecule has 1 N–H and O–H groups in total. The topological polar surface area (TPSA) is 49.4 Å². The fraction of sp³-hybridized carbons (Fsp3) is 0.286. The minimum absolute atomic E-state index is 0.303. The van der Waals surface area contributed by atoms with E-state index in [1.54, 1.807) is 37.5 Å². The van der Waals surface area contributed by atoms with Crippen LogP contribution in [-0.4, -0.2) is 25.9 Å². The standard InChI is InChI=1S/C14H18N2O2S/c1-11-4-7-13(8-5-11)19(17,18)16-10-12(2)6-9-14(16)15-3/h4-10,14-15H,1-3H3. The highest BCUT2D eigenvalue weighted by Gasteiger charge is 2.28. The highest BCUT2D eigenvalue weighted by molar-refractivity contribution is 7.89. The molecule has 0 bridgehead atoms. The Morgan fingerprint density at radius 1 is 1.16 bits per heavy atom. The van der Waals surface area contributed by atoms with Crippen molar-refractivity contribution in [1.29, 1.82) is 0 Å². The Labute approximate surface area is 114 Å². The number of hydrogen-bond acceptors (Lipinski definition) is 3. The Hall–Kier alpha value is -1.59. The van der Waals surface area contributed by atoms with Crippen LogP contribution < -0.4 is 5.32 Å². The summed E-state index contributed by atoms with van der Waals surface area (Å²) in [7, 11) is -1.79. The Balaban J connectivity index is 2.43. The molecule has 1 atom stereocenters. The lowest BCUT2D eigenvalue weighted by molar-refractivity contribution is 0.406. The molecule has 4 nitrogen and oxygen atoms in total. The number of nitrogens with one attached hydrogen (secondary N) is 1. The molecule has 102 valence electrons. The number of sulfonamides is 1. The van der Waals surface area contributed by atoms with Crippen molar-refractivity contribution >= 4 is 10.0 Å². The summed E-state index contributed by atoms with van der Waals surface area (Å²) in [6.07, 6.45) is 5.04. The van der Waals surface area contributed by atoms with Gasteiger partial charge in [-0.15, -0.1) is 0 Å². The summed E-state index contributed by atoms with van der Waals surface area (Å²) < 4.78 is 26.6. The van der Waals surface area contributed by atoms with Gasteiger partial charge in [0.1, 0.15) is 6.17 Å². The number of aryl methyl sites for hydroxylation is 1. The Morgan fingerprint density at radius 2 is 1.79 bits per heavy atom. The van der Waals surface area contributed by atoms with Crippen molar-refractivity contribution in [3.8, 4) is 0 Å². The first kappa shape index (κ1) is 13.8. The van der Waals surface area contributed by atoms with Crippen molar-refractivity contribution in [3.63, 3.8) is 0 Å². The fourth-order valence-corrected chi connectivity index (χ4v) is 3.43. The van der Waals surface area contributed by atoms with Gasteiger partial charge in [0.15, 0.2) is 0 Å². The first-order valence-corrected chi connectivity index (χ1v) is 7.53. The highest BCUT2D eigenvalue weighted by atomic mass is 32.2. The lowest BCUT2D eigenvalue weighted by Crippen LogP contribution is -2.44. The summed E-state index contributed by atoms with van der Waals surface area (Å²) in [5, 5.41) is 2.98. The maximum Gasteiger partial charge on any atom is 0.265 e. The molecular weight excluding hydrogens is 260 g/mol. The van der Waals surface area contributed by atoms with Gasteiger partial charge in [-0.1, -0.05) is 23.8 Å². The molecule has 2 rings (SSSR count). The number of allylic oxidation sites excluding steroid dienone is 2. The lowest BCUT2D eigenvalue weighted by Gasteiger charge is -2.30. The second-order valence-corrected chi connectivity index (χ2v) is 6.46. The molecule has 0 aliphatic carbocycles. The minimum Gasteiger partial charge on any atom is -0.296 e. The molecule has 0 fully saturated rings. The van der Waals surface area contributed by atoms with E-state index in [1.165, 1.54) is 4.31 Å². The van der Waals surface area contributed by atoms with Gasteiger partial charge in [0, 0.05) is 6.20 Å². The molecule has 1 aliphatic heterocycles. The van der Waals surface area contributed by atoms with Gasteiger partial charge in [-0.25, -0.2) is 8.42 Å². The average Bonchev–Trinajstić information content (AvgIpc) is 2.39. The van der Waals surface area contributed by atoms with Crippen molar-refractivity contribution in [2.24, 2.45) is 0 Å². The monoisotopic (exact) mass is 278 g/mol. The third-order valence-electron chi connectivity index (χ3n) is 3.04.